The summed E-state index contributed by atoms with van der Waals surface area (Å²) in [6.45, 7) is 5.30. The molecule has 1 aromatic rings. The second-order valence-corrected chi connectivity index (χ2v) is 7.81. The van der Waals surface area contributed by atoms with E-state index in [0.29, 0.717) is 30.8 Å². The first-order valence-electron chi connectivity index (χ1n) is 6.83. The SMILES string of the molecule is Cc1nn(C)c(C)c1S(=O)(=O)N1CCCC(C)(C(=O)O)C1. The first-order valence-corrected chi connectivity index (χ1v) is 8.27. The maximum absolute atomic E-state index is 12.8. The molecule has 0 aliphatic carbocycles. The fraction of sp³-hybridized carbons (Fsp3) is 0.692. The zero-order valence-corrected chi connectivity index (χ0v) is 13.6. The van der Waals surface area contributed by atoms with Crippen molar-refractivity contribution in [2.75, 3.05) is 13.1 Å². The summed E-state index contributed by atoms with van der Waals surface area (Å²) >= 11 is 0. The predicted molar refractivity (Wildman–Crippen MR) is 76.4 cm³/mol. The maximum atomic E-state index is 12.8. The molecule has 0 amide bonds. The Morgan fingerprint density at radius 1 is 1.38 bits per heavy atom. The number of sulfonamides is 1. The van der Waals surface area contributed by atoms with Crippen LogP contribution in [0.1, 0.15) is 31.2 Å². The summed E-state index contributed by atoms with van der Waals surface area (Å²) in [6, 6.07) is 0. The fourth-order valence-electron chi connectivity index (χ4n) is 2.83. The van der Waals surface area contributed by atoms with Crippen LogP contribution in [0.2, 0.25) is 0 Å². The lowest BCUT2D eigenvalue weighted by Crippen LogP contribution is -2.48. The van der Waals surface area contributed by atoms with Gasteiger partial charge in [0.25, 0.3) is 0 Å². The van der Waals surface area contributed by atoms with Crippen molar-refractivity contribution in [3.8, 4) is 0 Å². The number of aliphatic carboxylic acids is 1. The molecule has 1 unspecified atom stereocenters. The second kappa shape index (κ2) is 5.10. The molecular weight excluding hydrogens is 294 g/mol. The van der Waals surface area contributed by atoms with Gasteiger partial charge in [-0.25, -0.2) is 8.42 Å². The van der Waals surface area contributed by atoms with Gasteiger partial charge in [0.1, 0.15) is 4.90 Å². The van der Waals surface area contributed by atoms with E-state index in [1.54, 1.807) is 27.8 Å². The minimum Gasteiger partial charge on any atom is -0.481 e. The molecular formula is C13H21N3O4S. The number of carboxylic acid groups (broad SMARTS) is 1. The van der Waals surface area contributed by atoms with Crippen molar-refractivity contribution in [3.63, 3.8) is 0 Å². The van der Waals surface area contributed by atoms with Crippen LogP contribution in [-0.4, -0.2) is 46.7 Å². The highest BCUT2D eigenvalue weighted by atomic mass is 32.2. The molecule has 1 fully saturated rings. The Kier molecular flexibility index (Phi) is 3.88. The summed E-state index contributed by atoms with van der Waals surface area (Å²) < 4.78 is 28.5. The second-order valence-electron chi connectivity index (χ2n) is 5.93. The molecule has 0 radical (unpaired) electrons. The molecule has 0 bridgehead atoms. The monoisotopic (exact) mass is 315 g/mol. The first-order chi connectivity index (χ1) is 9.59. The number of hydrogen-bond donors (Lipinski definition) is 1. The minimum atomic E-state index is -3.72. The number of hydrogen-bond acceptors (Lipinski definition) is 4. The standard InChI is InChI=1S/C13H21N3O4S/c1-9-11(10(2)15(4)14-9)21(19,20)16-7-5-6-13(3,8-16)12(17)18/h5-8H2,1-4H3,(H,17,18). The Hall–Kier alpha value is -1.41. The number of aromatic nitrogens is 2. The van der Waals surface area contributed by atoms with E-state index < -0.39 is 21.4 Å². The zero-order valence-electron chi connectivity index (χ0n) is 12.8. The summed E-state index contributed by atoms with van der Waals surface area (Å²) in [7, 11) is -2.03. The van der Waals surface area contributed by atoms with Gasteiger partial charge in [0.05, 0.1) is 16.8 Å². The van der Waals surface area contributed by atoms with Crippen molar-refractivity contribution in [1.82, 2.24) is 14.1 Å². The van der Waals surface area contributed by atoms with Gasteiger partial charge in [-0.2, -0.15) is 9.40 Å². The van der Waals surface area contributed by atoms with Crippen molar-refractivity contribution in [2.24, 2.45) is 12.5 Å². The summed E-state index contributed by atoms with van der Waals surface area (Å²) in [5, 5.41) is 13.5. The van der Waals surface area contributed by atoms with Crippen LogP contribution in [0.25, 0.3) is 0 Å². The third-order valence-corrected chi connectivity index (χ3v) is 6.32. The number of nitrogens with zero attached hydrogens (tertiary/aromatic N) is 3. The van der Waals surface area contributed by atoms with E-state index in [0.717, 1.165) is 0 Å². The molecule has 0 spiro atoms. The van der Waals surface area contributed by atoms with Crippen LogP contribution in [0.4, 0.5) is 0 Å². The number of rotatable bonds is 3. The van der Waals surface area contributed by atoms with Gasteiger partial charge >= 0.3 is 5.97 Å². The number of carbonyl (C=O) groups is 1. The average molecular weight is 315 g/mol. The minimum absolute atomic E-state index is 0.00155. The Morgan fingerprint density at radius 3 is 2.48 bits per heavy atom. The number of piperidine rings is 1. The normalized spacial score (nSPS) is 24.2. The molecule has 0 saturated carbocycles. The van der Waals surface area contributed by atoms with Gasteiger partial charge in [-0.15, -0.1) is 0 Å². The highest BCUT2D eigenvalue weighted by Crippen LogP contribution is 2.34. The van der Waals surface area contributed by atoms with E-state index in [-0.39, 0.29) is 11.4 Å². The van der Waals surface area contributed by atoms with Crippen molar-refractivity contribution >= 4 is 16.0 Å². The summed E-state index contributed by atoms with van der Waals surface area (Å²) in [6.07, 6.45) is 1.03. The summed E-state index contributed by atoms with van der Waals surface area (Å²) in [5.74, 6) is -0.956. The van der Waals surface area contributed by atoms with E-state index in [4.69, 9.17) is 0 Å². The molecule has 1 aliphatic rings. The van der Waals surface area contributed by atoms with E-state index in [1.165, 1.54) is 8.99 Å². The molecule has 1 saturated heterocycles. The largest absolute Gasteiger partial charge is 0.481 e. The van der Waals surface area contributed by atoms with Crippen molar-refractivity contribution < 1.29 is 18.3 Å². The summed E-state index contributed by atoms with van der Waals surface area (Å²) in [5.41, 5.74) is -0.0253. The van der Waals surface area contributed by atoms with Gasteiger partial charge in [-0.05, 0) is 33.6 Å². The number of carboxylic acids is 1. The first kappa shape index (κ1) is 16.0. The Bertz CT molecular complexity index is 680. The Morgan fingerprint density at radius 2 is 2.00 bits per heavy atom. The maximum Gasteiger partial charge on any atom is 0.310 e. The van der Waals surface area contributed by atoms with Crippen LogP contribution in [0.3, 0.4) is 0 Å². The quantitative estimate of drug-likeness (QED) is 0.895. The van der Waals surface area contributed by atoms with Gasteiger partial charge in [0.2, 0.25) is 10.0 Å². The van der Waals surface area contributed by atoms with Crippen LogP contribution in [0.5, 0.6) is 0 Å². The Labute approximate surface area is 124 Å². The molecule has 1 aliphatic heterocycles. The van der Waals surface area contributed by atoms with Crippen LogP contribution < -0.4 is 0 Å². The van der Waals surface area contributed by atoms with E-state index in [2.05, 4.69) is 5.10 Å². The molecule has 2 rings (SSSR count). The molecule has 8 heteroatoms. The third-order valence-electron chi connectivity index (χ3n) is 4.22. The zero-order chi connectivity index (χ0) is 16.0. The van der Waals surface area contributed by atoms with Gasteiger partial charge in [0, 0.05) is 20.1 Å². The third kappa shape index (κ3) is 2.57. The molecule has 2 heterocycles. The van der Waals surface area contributed by atoms with Crippen LogP contribution in [0, 0.1) is 19.3 Å². The smallest absolute Gasteiger partial charge is 0.310 e. The Balaban J connectivity index is 2.43. The van der Waals surface area contributed by atoms with Crippen LogP contribution in [-0.2, 0) is 21.9 Å². The molecule has 21 heavy (non-hydrogen) atoms. The molecule has 1 aromatic heterocycles. The molecule has 1 atom stereocenters. The molecule has 0 aromatic carbocycles. The van der Waals surface area contributed by atoms with Crippen molar-refractivity contribution in [2.45, 2.75) is 38.5 Å². The van der Waals surface area contributed by atoms with Gasteiger partial charge < -0.3 is 5.11 Å². The van der Waals surface area contributed by atoms with Gasteiger partial charge in [-0.3, -0.25) is 9.48 Å². The molecule has 1 N–H and O–H groups in total. The fourth-order valence-corrected chi connectivity index (χ4v) is 4.83. The predicted octanol–water partition coefficient (Wildman–Crippen LogP) is 0.912. The average Bonchev–Trinajstić information content (AvgIpc) is 2.63. The van der Waals surface area contributed by atoms with Crippen LogP contribution >= 0.6 is 0 Å². The topological polar surface area (TPSA) is 92.5 Å². The van der Waals surface area contributed by atoms with Crippen molar-refractivity contribution in [1.29, 1.82) is 0 Å². The summed E-state index contributed by atoms with van der Waals surface area (Å²) in [4.78, 5) is 11.6. The van der Waals surface area contributed by atoms with E-state index >= 15 is 0 Å². The van der Waals surface area contributed by atoms with Crippen molar-refractivity contribution in [3.05, 3.63) is 11.4 Å². The van der Waals surface area contributed by atoms with Gasteiger partial charge in [0.15, 0.2) is 0 Å². The van der Waals surface area contributed by atoms with Gasteiger partial charge in [-0.1, -0.05) is 0 Å². The lowest BCUT2D eigenvalue weighted by Gasteiger charge is -2.36. The molecule has 118 valence electrons. The lowest BCUT2D eigenvalue weighted by atomic mass is 9.83. The van der Waals surface area contributed by atoms with E-state index in [9.17, 15) is 18.3 Å². The van der Waals surface area contributed by atoms with E-state index in [1.807, 2.05) is 0 Å². The van der Waals surface area contributed by atoms with Crippen LogP contribution in [0.15, 0.2) is 4.90 Å². The lowest BCUT2D eigenvalue weighted by molar-refractivity contribution is -0.150. The highest BCUT2D eigenvalue weighted by molar-refractivity contribution is 7.89. The molecule has 7 nitrogen and oxygen atoms in total. The highest BCUT2D eigenvalue weighted by Gasteiger charge is 2.43. The number of aryl methyl sites for hydroxylation is 2.